The summed E-state index contributed by atoms with van der Waals surface area (Å²) in [5, 5.41) is 0. The van der Waals surface area contributed by atoms with Crippen LogP contribution in [0.3, 0.4) is 0 Å². The van der Waals surface area contributed by atoms with Crippen LogP contribution in [0.2, 0.25) is 0 Å². The van der Waals surface area contributed by atoms with Crippen molar-refractivity contribution in [3.05, 3.63) is 90.0 Å². The van der Waals surface area contributed by atoms with E-state index in [1.165, 1.54) is 0 Å². The smallest absolute Gasteiger partial charge is 0.319 e. The van der Waals surface area contributed by atoms with E-state index in [4.69, 9.17) is 9.73 Å². The fourth-order valence-corrected chi connectivity index (χ4v) is 3.44. The first kappa shape index (κ1) is 16.3. The summed E-state index contributed by atoms with van der Waals surface area (Å²) in [5.41, 5.74) is 5.50. The van der Waals surface area contributed by atoms with Crippen LogP contribution in [-0.2, 0) is 9.53 Å². The van der Waals surface area contributed by atoms with Gasteiger partial charge in [0.25, 0.3) is 0 Å². The fraction of sp³-hybridized carbons (Fsp3) is 0.130. The second-order valence-corrected chi connectivity index (χ2v) is 6.15. The maximum absolute atomic E-state index is 12.9. The van der Waals surface area contributed by atoms with Crippen molar-refractivity contribution in [2.75, 3.05) is 6.61 Å². The van der Waals surface area contributed by atoms with Gasteiger partial charge in [-0.15, -0.1) is 0 Å². The highest BCUT2D eigenvalue weighted by atomic mass is 16.5. The molecule has 0 bridgehead atoms. The maximum atomic E-state index is 12.9. The third kappa shape index (κ3) is 2.82. The van der Waals surface area contributed by atoms with E-state index >= 15 is 0 Å². The quantitative estimate of drug-likeness (QED) is 0.619. The second-order valence-electron chi connectivity index (χ2n) is 6.15. The number of hydrogen-bond donors (Lipinski definition) is 0. The molecule has 0 aromatic heterocycles. The van der Waals surface area contributed by atoms with Crippen LogP contribution in [-0.4, -0.2) is 18.3 Å². The lowest BCUT2D eigenvalue weighted by molar-refractivity contribution is -0.143. The molecule has 3 nitrogen and oxygen atoms in total. The zero-order valence-corrected chi connectivity index (χ0v) is 14.6. The minimum absolute atomic E-state index is 0.268. The number of para-hydroxylation sites is 1. The van der Waals surface area contributed by atoms with Gasteiger partial charge in [-0.1, -0.05) is 72.8 Å². The van der Waals surface area contributed by atoms with Crippen molar-refractivity contribution in [3.63, 3.8) is 0 Å². The molecule has 0 fully saturated rings. The van der Waals surface area contributed by atoms with E-state index in [0.717, 1.165) is 33.7 Å². The van der Waals surface area contributed by atoms with Gasteiger partial charge in [0, 0.05) is 5.56 Å². The number of aliphatic imine (C=N–C) groups is 1. The molecule has 1 aliphatic rings. The molecule has 0 N–H and O–H groups in total. The van der Waals surface area contributed by atoms with Crippen molar-refractivity contribution in [2.45, 2.75) is 12.8 Å². The molecule has 128 valence electrons. The molecule has 0 unspecified atom stereocenters. The summed E-state index contributed by atoms with van der Waals surface area (Å²) in [5.74, 6) is -0.823. The molecule has 0 aliphatic carbocycles. The Kier molecular flexibility index (Phi) is 4.36. The molecule has 3 heteroatoms. The van der Waals surface area contributed by atoms with Gasteiger partial charge in [-0.3, -0.25) is 9.79 Å². The number of rotatable bonds is 3. The number of carbonyl (C=O) groups is 1. The lowest BCUT2D eigenvalue weighted by atomic mass is 9.86. The van der Waals surface area contributed by atoms with Gasteiger partial charge < -0.3 is 4.74 Å². The van der Waals surface area contributed by atoms with Crippen molar-refractivity contribution in [2.24, 2.45) is 4.99 Å². The number of esters is 1. The number of ether oxygens (including phenoxy) is 1. The predicted octanol–water partition coefficient (Wildman–Crippen LogP) is 5.13. The molecule has 0 radical (unpaired) electrons. The van der Waals surface area contributed by atoms with E-state index in [1.54, 1.807) is 0 Å². The van der Waals surface area contributed by atoms with E-state index in [0.29, 0.717) is 6.61 Å². The Bertz CT molecular complexity index is 976. The molecule has 26 heavy (non-hydrogen) atoms. The Morgan fingerprint density at radius 2 is 1.54 bits per heavy atom. The Morgan fingerprint density at radius 3 is 2.31 bits per heavy atom. The van der Waals surface area contributed by atoms with Gasteiger partial charge in [0.15, 0.2) is 0 Å². The number of nitrogens with zero attached hydrogens (tertiary/aromatic N) is 1. The Hall–Kier alpha value is -3.20. The third-order valence-electron chi connectivity index (χ3n) is 4.57. The van der Waals surface area contributed by atoms with Crippen LogP contribution < -0.4 is 0 Å². The molecular weight excluding hydrogens is 322 g/mol. The summed E-state index contributed by atoms with van der Waals surface area (Å²) in [4.78, 5) is 17.9. The molecule has 1 heterocycles. The van der Waals surface area contributed by atoms with Crippen molar-refractivity contribution >= 4 is 17.4 Å². The molecule has 0 amide bonds. The van der Waals surface area contributed by atoms with Gasteiger partial charge in [-0.2, -0.15) is 0 Å². The van der Waals surface area contributed by atoms with Crippen molar-refractivity contribution < 1.29 is 9.53 Å². The van der Waals surface area contributed by atoms with Crippen molar-refractivity contribution in [1.29, 1.82) is 0 Å². The highest BCUT2D eigenvalue weighted by Gasteiger charge is 2.33. The Balaban J connectivity index is 2.02. The van der Waals surface area contributed by atoms with Crippen LogP contribution in [0.25, 0.3) is 11.1 Å². The van der Waals surface area contributed by atoms with Crippen molar-refractivity contribution in [1.82, 2.24) is 0 Å². The molecular formula is C23H19NO2. The highest BCUT2D eigenvalue weighted by Crippen LogP contribution is 2.41. The van der Waals surface area contributed by atoms with Gasteiger partial charge in [0.05, 0.1) is 18.0 Å². The molecule has 1 aliphatic heterocycles. The predicted molar refractivity (Wildman–Crippen MR) is 104 cm³/mol. The van der Waals surface area contributed by atoms with Crippen LogP contribution >= 0.6 is 0 Å². The summed E-state index contributed by atoms with van der Waals surface area (Å²) in [7, 11) is 0. The van der Waals surface area contributed by atoms with Crippen LogP contribution in [0.15, 0.2) is 83.9 Å². The largest absolute Gasteiger partial charge is 0.465 e. The van der Waals surface area contributed by atoms with E-state index in [1.807, 2.05) is 85.8 Å². The summed E-state index contributed by atoms with van der Waals surface area (Å²) in [6.45, 7) is 2.17. The average Bonchev–Trinajstić information content (AvgIpc) is 2.84. The summed E-state index contributed by atoms with van der Waals surface area (Å²) in [6, 6.07) is 25.9. The molecule has 0 spiro atoms. The van der Waals surface area contributed by atoms with Crippen LogP contribution in [0.5, 0.6) is 0 Å². The van der Waals surface area contributed by atoms with Gasteiger partial charge in [0.1, 0.15) is 5.92 Å². The van der Waals surface area contributed by atoms with E-state index in [9.17, 15) is 4.79 Å². The summed E-state index contributed by atoms with van der Waals surface area (Å²) in [6.07, 6.45) is 0. The number of hydrogen-bond acceptors (Lipinski definition) is 3. The van der Waals surface area contributed by atoms with Crippen LogP contribution in [0, 0.1) is 0 Å². The monoisotopic (exact) mass is 341 g/mol. The lowest BCUT2D eigenvalue weighted by Crippen LogP contribution is -2.25. The van der Waals surface area contributed by atoms with Crippen LogP contribution in [0.4, 0.5) is 5.69 Å². The zero-order valence-electron chi connectivity index (χ0n) is 14.6. The minimum atomic E-state index is -0.555. The summed E-state index contributed by atoms with van der Waals surface area (Å²) >= 11 is 0. The molecule has 0 saturated carbocycles. The lowest BCUT2D eigenvalue weighted by Gasteiger charge is -2.19. The molecule has 0 saturated heterocycles. The Morgan fingerprint density at radius 1 is 0.885 bits per heavy atom. The molecule has 3 aromatic carbocycles. The first-order valence-corrected chi connectivity index (χ1v) is 8.78. The van der Waals surface area contributed by atoms with E-state index in [-0.39, 0.29) is 5.97 Å². The number of carbonyl (C=O) groups excluding carboxylic acids is 1. The molecule has 1 atom stereocenters. The minimum Gasteiger partial charge on any atom is -0.465 e. The number of fused-ring (bicyclic) bond motifs is 3. The normalized spacial score (nSPS) is 15.3. The second kappa shape index (κ2) is 6.96. The van der Waals surface area contributed by atoms with Crippen molar-refractivity contribution in [3.8, 4) is 11.1 Å². The third-order valence-corrected chi connectivity index (χ3v) is 4.57. The van der Waals surface area contributed by atoms with Crippen LogP contribution in [0.1, 0.15) is 24.0 Å². The molecule has 3 aromatic rings. The summed E-state index contributed by atoms with van der Waals surface area (Å²) < 4.78 is 5.42. The van der Waals surface area contributed by atoms with Gasteiger partial charge in [0.2, 0.25) is 0 Å². The average molecular weight is 341 g/mol. The topological polar surface area (TPSA) is 38.7 Å². The number of benzene rings is 3. The molecule has 4 rings (SSSR count). The Labute approximate surface area is 153 Å². The zero-order chi connectivity index (χ0) is 17.9. The first-order valence-electron chi connectivity index (χ1n) is 8.78. The van der Waals surface area contributed by atoms with E-state index in [2.05, 4.69) is 0 Å². The van der Waals surface area contributed by atoms with Gasteiger partial charge in [-0.25, -0.2) is 0 Å². The highest BCUT2D eigenvalue weighted by molar-refractivity contribution is 6.18. The SMILES string of the molecule is CCOC(=O)[C@H]1C(c2ccccc2)=Nc2ccccc2-c2ccccc21. The van der Waals surface area contributed by atoms with Gasteiger partial charge in [-0.05, 0) is 29.7 Å². The first-order chi connectivity index (χ1) is 12.8. The standard InChI is InChI=1S/C23H19NO2/c1-2-26-23(25)21-19-14-7-6-12-17(19)18-13-8-9-15-20(18)24-22(21)16-10-4-3-5-11-16/h3-15,21H,2H2,1H3/t21-/m1/s1. The van der Waals surface area contributed by atoms with Gasteiger partial charge >= 0.3 is 5.97 Å². The maximum Gasteiger partial charge on any atom is 0.319 e. The fourth-order valence-electron chi connectivity index (χ4n) is 3.44. The van der Waals surface area contributed by atoms with E-state index < -0.39 is 5.92 Å².